The minimum Gasteiger partial charge on any atom is -0.252 e. The van der Waals surface area contributed by atoms with E-state index < -0.39 is 23.3 Å². The second-order valence-corrected chi connectivity index (χ2v) is 5.99. The van der Waals surface area contributed by atoms with Crippen molar-refractivity contribution in [3.8, 4) is 0 Å². The zero-order chi connectivity index (χ0) is 15.7. The van der Waals surface area contributed by atoms with Crippen molar-refractivity contribution in [3.63, 3.8) is 0 Å². The molecule has 112 valence electrons. The van der Waals surface area contributed by atoms with Gasteiger partial charge in [-0.05, 0) is 43.6 Å². The molecule has 21 heavy (non-hydrogen) atoms. The molecule has 0 radical (unpaired) electrons. The summed E-state index contributed by atoms with van der Waals surface area (Å²) in [5.74, 6) is -6.46. The van der Waals surface area contributed by atoms with E-state index in [0.717, 1.165) is 11.9 Å². The van der Waals surface area contributed by atoms with Gasteiger partial charge in [0.25, 0.3) is 0 Å². The number of hydrogen-bond acceptors (Lipinski definition) is 2. The van der Waals surface area contributed by atoms with Gasteiger partial charge in [-0.3, -0.25) is 4.31 Å². The van der Waals surface area contributed by atoms with E-state index in [-0.39, 0.29) is 16.0 Å². The molecule has 0 aromatic heterocycles. The molecule has 0 bridgehead atoms. The molecule has 6 heteroatoms. The number of allylic oxidation sites excluding steroid dienone is 5. The largest absolute Gasteiger partial charge is 0.252 e. The summed E-state index contributed by atoms with van der Waals surface area (Å²) in [6.07, 6.45) is 5.73. The molecule has 0 unspecified atom stereocenters. The molecule has 0 aliphatic heterocycles. The van der Waals surface area contributed by atoms with E-state index in [1.807, 2.05) is 6.08 Å². The molecule has 2 rings (SSSR count). The first-order valence-electron chi connectivity index (χ1n) is 6.11. The molecule has 0 amide bonds. The highest BCUT2D eigenvalue weighted by Crippen LogP contribution is 2.39. The van der Waals surface area contributed by atoms with Gasteiger partial charge in [0.15, 0.2) is 23.3 Å². The Morgan fingerprint density at radius 2 is 1.71 bits per heavy atom. The monoisotopic (exact) mass is 315 g/mol. The van der Waals surface area contributed by atoms with E-state index in [9.17, 15) is 17.6 Å². The smallest absolute Gasteiger partial charge is 0.198 e. The van der Waals surface area contributed by atoms with Gasteiger partial charge in [0.1, 0.15) is 0 Å². The Hall–Kier alpha value is -1.53. The van der Waals surface area contributed by atoms with E-state index in [2.05, 4.69) is 6.58 Å². The first-order chi connectivity index (χ1) is 9.84. The van der Waals surface area contributed by atoms with E-state index >= 15 is 0 Å². The first kappa shape index (κ1) is 15.9. The Kier molecular flexibility index (Phi) is 4.58. The minimum atomic E-state index is -1.82. The highest BCUT2D eigenvalue weighted by Gasteiger charge is 2.28. The molecule has 0 spiro atoms. The molecular formula is C15H13F4NS. The highest BCUT2D eigenvalue weighted by molar-refractivity contribution is 7.97. The van der Waals surface area contributed by atoms with Crippen molar-refractivity contribution >= 4 is 17.5 Å². The summed E-state index contributed by atoms with van der Waals surface area (Å²) < 4.78 is 56.6. The standard InChI is InChI=1S/C15H13F4NS/c1-8(9-6-4-5-7-9)10-11(16)12(17)13(18)14(19)15(10)21-20(2)3/h4-6H,1,7H2,2-3H3. The number of halogens is 4. The normalized spacial score (nSPS) is 14.0. The summed E-state index contributed by atoms with van der Waals surface area (Å²) in [6, 6.07) is 0. The van der Waals surface area contributed by atoms with E-state index in [1.54, 1.807) is 26.2 Å². The van der Waals surface area contributed by atoms with Crippen LogP contribution in [0.2, 0.25) is 0 Å². The molecule has 0 saturated heterocycles. The van der Waals surface area contributed by atoms with Gasteiger partial charge in [0, 0.05) is 5.56 Å². The molecule has 1 nitrogen and oxygen atoms in total. The number of hydrogen-bond donors (Lipinski definition) is 0. The van der Waals surface area contributed by atoms with Crippen LogP contribution < -0.4 is 0 Å². The Bertz CT molecular complexity index is 662. The summed E-state index contributed by atoms with van der Waals surface area (Å²) in [5, 5.41) is 0. The SMILES string of the molecule is C=C(C1=CC=CC1)c1c(F)c(F)c(F)c(F)c1SN(C)C. The van der Waals surface area contributed by atoms with Crippen LogP contribution in [0.1, 0.15) is 12.0 Å². The molecule has 0 atom stereocenters. The van der Waals surface area contributed by atoms with Crippen LogP contribution in [-0.4, -0.2) is 18.4 Å². The lowest BCUT2D eigenvalue weighted by molar-refractivity contribution is 0.396. The lowest BCUT2D eigenvalue weighted by Crippen LogP contribution is -2.09. The lowest BCUT2D eigenvalue weighted by atomic mass is 9.97. The molecule has 0 saturated carbocycles. The number of nitrogens with zero attached hydrogens (tertiary/aromatic N) is 1. The maximum Gasteiger partial charge on any atom is 0.198 e. The average molecular weight is 315 g/mol. The fourth-order valence-corrected chi connectivity index (χ4v) is 2.82. The third-order valence-corrected chi connectivity index (χ3v) is 3.89. The molecule has 1 aromatic carbocycles. The quantitative estimate of drug-likeness (QED) is 0.342. The second kappa shape index (κ2) is 6.07. The van der Waals surface area contributed by atoms with Gasteiger partial charge in [0.2, 0.25) is 0 Å². The molecule has 1 aliphatic rings. The van der Waals surface area contributed by atoms with Crippen molar-refractivity contribution in [3.05, 3.63) is 59.2 Å². The van der Waals surface area contributed by atoms with Crippen molar-refractivity contribution in [2.24, 2.45) is 0 Å². The zero-order valence-electron chi connectivity index (χ0n) is 11.5. The van der Waals surface area contributed by atoms with Crippen LogP contribution in [-0.2, 0) is 0 Å². The van der Waals surface area contributed by atoms with Crippen LogP contribution in [0, 0.1) is 23.3 Å². The molecule has 1 aromatic rings. The number of benzene rings is 1. The van der Waals surface area contributed by atoms with Crippen molar-refractivity contribution in [1.82, 2.24) is 4.31 Å². The fourth-order valence-electron chi connectivity index (χ4n) is 1.98. The van der Waals surface area contributed by atoms with E-state index in [1.165, 1.54) is 4.31 Å². The van der Waals surface area contributed by atoms with Crippen molar-refractivity contribution in [2.75, 3.05) is 14.1 Å². The van der Waals surface area contributed by atoms with Gasteiger partial charge in [-0.1, -0.05) is 24.8 Å². The topological polar surface area (TPSA) is 3.24 Å². The predicted molar refractivity (Wildman–Crippen MR) is 76.7 cm³/mol. The third-order valence-electron chi connectivity index (χ3n) is 2.96. The third kappa shape index (κ3) is 2.91. The number of rotatable bonds is 4. The summed E-state index contributed by atoms with van der Waals surface area (Å²) >= 11 is 0.779. The maximum atomic E-state index is 14.1. The second-order valence-electron chi connectivity index (χ2n) is 4.67. The zero-order valence-corrected chi connectivity index (χ0v) is 12.3. The van der Waals surface area contributed by atoms with Crippen LogP contribution in [0.15, 0.2) is 35.3 Å². The molecular weight excluding hydrogens is 302 g/mol. The lowest BCUT2D eigenvalue weighted by Gasteiger charge is -2.18. The van der Waals surface area contributed by atoms with Gasteiger partial charge >= 0.3 is 0 Å². The Balaban J connectivity index is 2.64. The maximum absolute atomic E-state index is 14.1. The summed E-state index contributed by atoms with van der Waals surface area (Å²) in [4.78, 5) is -0.311. The van der Waals surface area contributed by atoms with Crippen LogP contribution >= 0.6 is 11.9 Å². The predicted octanol–water partition coefficient (Wildman–Crippen LogP) is 4.71. The van der Waals surface area contributed by atoms with Crippen molar-refractivity contribution in [1.29, 1.82) is 0 Å². The van der Waals surface area contributed by atoms with Gasteiger partial charge in [-0.2, -0.15) is 0 Å². The Morgan fingerprint density at radius 3 is 2.24 bits per heavy atom. The van der Waals surface area contributed by atoms with Crippen molar-refractivity contribution in [2.45, 2.75) is 11.3 Å². The highest BCUT2D eigenvalue weighted by atomic mass is 32.2. The fraction of sp³-hybridized carbons (Fsp3) is 0.200. The summed E-state index contributed by atoms with van der Waals surface area (Å²) in [6.45, 7) is 3.71. The molecule has 0 heterocycles. The van der Waals surface area contributed by atoms with Gasteiger partial charge in [-0.15, -0.1) is 0 Å². The molecule has 0 fully saturated rings. The van der Waals surface area contributed by atoms with Crippen molar-refractivity contribution < 1.29 is 17.6 Å². The van der Waals surface area contributed by atoms with E-state index in [4.69, 9.17) is 0 Å². The first-order valence-corrected chi connectivity index (χ1v) is 6.88. The van der Waals surface area contributed by atoms with E-state index in [0.29, 0.717) is 12.0 Å². The summed E-state index contributed by atoms with van der Waals surface area (Å²) in [5.41, 5.74) is 0.458. The van der Waals surface area contributed by atoms with Gasteiger partial charge < -0.3 is 0 Å². The van der Waals surface area contributed by atoms with Crippen LogP contribution in [0.4, 0.5) is 17.6 Å². The Labute approximate surface area is 124 Å². The van der Waals surface area contributed by atoms with Gasteiger partial charge in [-0.25, -0.2) is 17.6 Å². The van der Waals surface area contributed by atoms with Crippen LogP contribution in [0.3, 0.4) is 0 Å². The van der Waals surface area contributed by atoms with Crippen LogP contribution in [0.25, 0.3) is 5.57 Å². The summed E-state index contributed by atoms with van der Waals surface area (Å²) in [7, 11) is 3.18. The average Bonchev–Trinajstić information content (AvgIpc) is 2.96. The minimum absolute atomic E-state index is 0.152. The Morgan fingerprint density at radius 1 is 1.10 bits per heavy atom. The molecule has 1 aliphatic carbocycles. The van der Waals surface area contributed by atoms with Gasteiger partial charge in [0.05, 0.1) is 4.90 Å². The molecule has 0 N–H and O–H groups in total. The van der Waals surface area contributed by atoms with Crippen LogP contribution in [0.5, 0.6) is 0 Å².